The van der Waals surface area contributed by atoms with Crippen molar-refractivity contribution in [1.82, 2.24) is 4.98 Å². The van der Waals surface area contributed by atoms with E-state index in [4.69, 9.17) is 10.7 Å². The highest BCUT2D eigenvalue weighted by Gasteiger charge is 2.15. The van der Waals surface area contributed by atoms with Crippen LogP contribution in [-0.2, 0) is 6.54 Å². The molecule has 1 aromatic heterocycles. The fraction of sp³-hybridized carbons (Fsp3) is 0.312. The Morgan fingerprint density at radius 3 is 2.95 bits per heavy atom. The van der Waals surface area contributed by atoms with E-state index in [-0.39, 0.29) is 0 Å². The fourth-order valence-electron chi connectivity index (χ4n) is 2.67. The molecule has 1 aliphatic rings. The zero-order valence-electron chi connectivity index (χ0n) is 11.3. The number of aromatic nitrogens is 1. The van der Waals surface area contributed by atoms with Crippen molar-refractivity contribution >= 4 is 16.6 Å². The van der Waals surface area contributed by atoms with Gasteiger partial charge in [-0.1, -0.05) is 35.9 Å². The molecule has 3 nitrogen and oxygen atoms in total. The molecule has 0 atom stereocenters. The zero-order chi connectivity index (χ0) is 13.2. The molecule has 0 saturated carbocycles. The average Bonchev–Trinajstić information content (AvgIpc) is 2.46. The van der Waals surface area contributed by atoms with Crippen LogP contribution in [0.5, 0.6) is 0 Å². The molecule has 2 heterocycles. The molecule has 0 bridgehead atoms. The van der Waals surface area contributed by atoms with Gasteiger partial charge in [-0.2, -0.15) is 0 Å². The monoisotopic (exact) mass is 253 g/mol. The quantitative estimate of drug-likeness (QED) is 0.837. The summed E-state index contributed by atoms with van der Waals surface area (Å²) >= 11 is 0. The van der Waals surface area contributed by atoms with E-state index in [2.05, 4.69) is 48.2 Å². The average molecular weight is 253 g/mol. The summed E-state index contributed by atoms with van der Waals surface area (Å²) in [7, 11) is 0. The normalized spacial score (nSPS) is 15.7. The first-order valence-corrected chi connectivity index (χ1v) is 6.77. The molecule has 1 aromatic carbocycles. The first-order valence-electron chi connectivity index (χ1n) is 6.77. The minimum absolute atomic E-state index is 0.487. The van der Waals surface area contributed by atoms with Gasteiger partial charge in [-0.25, -0.2) is 4.98 Å². The lowest BCUT2D eigenvalue weighted by Crippen LogP contribution is -2.30. The molecule has 2 aromatic rings. The second-order valence-electron chi connectivity index (χ2n) is 5.12. The molecule has 0 amide bonds. The lowest BCUT2D eigenvalue weighted by Gasteiger charge is -2.28. The van der Waals surface area contributed by atoms with Crippen molar-refractivity contribution in [3.8, 4) is 0 Å². The van der Waals surface area contributed by atoms with Gasteiger partial charge in [-0.15, -0.1) is 0 Å². The highest BCUT2D eigenvalue weighted by molar-refractivity contribution is 5.92. The van der Waals surface area contributed by atoms with E-state index < -0.39 is 0 Å². The Bertz CT molecular complexity index is 631. The second kappa shape index (κ2) is 5.02. The maximum absolute atomic E-state index is 5.77. The van der Waals surface area contributed by atoms with Gasteiger partial charge in [-0.05, 0) is 24.8 Å². The molecular weight excluding hydrogens is 234 g/mol. The Morgan fingerprint density at radius 2 is 2.16 bits per heavy atom. The van der Waals surface area contributed by atoms with Gasteiger partial charge in [0.15, 0.2) is 0 Å². The predicted octanol–water partition coefficient (Wildman–Crippen LogP) is 2.85. The molecule has 0 unspecified atom stereocenters. The first kappa shape index (κ1) is 12.2. The minimum Gasteiger partial charge on any atom is -0.352 e. The minimum atomic E-state index is 0.487. The van der Waals surface area contributed by atoms with E-state index in [9.17, 15) is 0 Å². The number of pyridine rings is 1. The molecule has 0 aliphatic carbocycles. The number of benzene rings is 1. The SMILES string of the molecule is CC1=CCCN(c2nc(CN)cc3ccccc23)C1. The molecule has 98 valence electrons. The molecule has 0 spiro atoms. The summed E-state index contributed by atoms with van der Waals surface area (Å²) < 4.78 is 0. The number of nitrogens with zero attached hydrogens (tertiary/aromatic N) is 2. The highest BCUT2D eigenvalue weighted by Crippen LogP contribution is 2.27. The van der Waals surface area contributed by atoms with Crippen molar-refractivity contribution in [3.05, 3.63) is 47.7 Å². The van der Waals surface area contributed by atoms with Crippen molar-refractivity contribution in [2.24, 2.45) is 5.73 Å². The summed E-state index contributed by atoms with van der Waals surface area (Å²) in [4.78, 5) is 7.11. The van der Waals surface area contributed by atoms with Crippen LogP contribution in [0.4, 0.5) is 5.82 Å². The van der Waals surface area contributed by atoms with E-state index in [1.807, 2.05) is 0 Å². The number of fused-ring (bicyclic) bond motifs is 1. The summed E-state index contributed by atoms with van der Waals surface area (Å²) in [6.07, 6.45) is 3.40. The fourth-order valence-corrected chi connectivity index (χ4v) is 2.67. The zero-order valence-corrected chi connectivity index (χ0v) is 11.3. The third kappa shape index (κ3) is 2.34. The van der Waals surface area contributed by atoms with Gasteiger partial charge in [0.25, 0.3) is 0 Å². The van der Waals surface area contributed by atoms with E-state index >= 15 is 0 Å². The standard InChI is InChI=1S/C16H19N3/c1-12-5-4-8-19(11-12)16-15-7-3-2-6-13(15)9-14(10-17)18-16/h2-3,5-7,9H,4,8,10-11,17H2,1H3. The van der Waals surface area contributed by atoms with Crippen molar-refractivity contribution in [3.63, 3.8) is 0 Å². The van der Waals surface area contributed by atoms with Gasteiger partial charge in [0.2, 0.25) is 0 Å². The highest BCUT2D eigenvalue weighted by atomic mass is 15.2. The van der Waals surface area contributed by atoms with Crippen molar-refractivity contribution in [1.29, 1.82) is 0 Å². The molecule has 2 N–H and O–H groups in total. The van der Waals surface area contributed by atoms with Crippen molar-refractivity contribution in [2.75, 3.05) is 18.0 Å². The third-order valence-corrected chi connectivity index (χ3v) is 3.61. The van der Waals surface area contributed by atoms with Crippen LogP contribution in [0.2, 0.25) is 0 Å². The lowest BCUT2D eigenvalue weighted by atomic mass is 10.1. The number of anilines is 1. The first-order chi connectivity index (χ1) is 9.28. The van der Waals surface area contributed by atoms with Gasteiger partial charge in [-0.3, -0.25) is 0 Å². The van der Waals surface area contributed by atoms with Crippen LogP contribution < -0.4 is 10.6 Å². The number of hydrogen-bond donors (Lipinski definition) is 1. The van der Waals surface area contributed by atoms with Crippen LogP contribution in [-0.4, -0.2) is 18.1 Å². The van der Waals surface area contributed by atoms with Crippen molar-refractivity contribution in [2.45, 2.75) is 19.9 Å². The Labute approximate surface area is 113 Å². The second-order valence-corrected chi connectivity index (χ2v) is 5.12. The lowest BCUT2D eigenvalue weighted by molar-refractivity contribution is 0.777. The summed E-state index contributed by atoms with van der Waals surface area (Å²) in [6, 6.07) is 10.5. The topological polar surface area (TPSA) is 42.2 Å². The molecule has 1 aliphatic heterocycles. The van der Waals surface area contributed by atoms with Gasteiger partial charge >= 0.3 is 0 Å². The Hall–Kier alpha value is -1.87. The summed E-state index contributed by atoms with van der Waals surface area (Å²) in [5.41, 5.74) is 8.15. The largest absolute Gasteiger partial charge is 0.352 e. The summed E-state index contributed by atoms with van der Waals surface area (Å²) in [5, 5.41) is 2.44. The number of nitrogens with two attached hydrogens (primary N) is 1. The smallest absolute Gasteiger partial charge is 0.137 e. The molecule has 0 radical (unpaired) electrons. The van der Waals surface area contributed by atoms with Gasteiger partial charge in [0, 0.05) is 25.0 Å². The van der Waals surface area contributed by atoms with Gasteiger partial charge in [0.05, 0.1) is 5.69 Å². The van der Waals surface area contributed by atoms with Crippen LogP contribution in [0.1, 0.15) is 19.0 Å². The van der Waals surface area contributed by atoms with E-state index in [0.29, 0.717) is 6.54 Å². The maximum atomic E-state index is 5.77. The summed E-state index contributed by atoms with van der Waals surface area (Å²) in [5.74, 6) is 1.08. The number of rotatable bonds is 2. The molecule has 0 fully saturated rings. The number of hydrogen-bond acceptors (Lipinski definition) is 3. The van der Waals surface area contributed by atoms with E-state index in [1.165, 1.54) is 16.3 Å². The Morgan fingerprint density at radius 1 is 1.32 bits per heavy atom. The Balaban J connectivity index is 2.13. The van der Waals surface area contributed by atoms with Crippen LogP contribution in [0.15, 0.2) is 42.0 Å². The predicted molar refractivity (Wildman–Crippen MR) is 80.2 cm³/mol. The van der Waals surface area contributed by atoms with Crippen molar-refractivity contribution < 1.29 is 0 Å². The molecule has 3 heteroatoms. The van der Waals surface area contributed by atoms with Gasteiger partial charge in [0.1, 0.15) is 5.82 Å². The molecular formula is C16H19N3. The van der Waals surface area contributed by atoms with Crippen LogP contribution >= 0.6 is 0 Å². The summed E-state index contributed by atoms with van der Waals surface area (Å²) in [6.45, 7) is 4.66. The van der Waals surface area contributed by atoms with Crippen LogP contribution in [0.3, 0.4) is 0 Å². The van der Waals surface area contributed by atoms with Gasteiger partial charge < -0.3 is 10.6 Å². The molecule has 19 heavy (non-hydrogen) atoms. The van der Waals surface area contributed by atoms with Crippen LogP contribution in [0, 0.1) is 0 Å². The molecule has 3 rings (SSSR count). The van der Waals surface area contributed by atoms with E-state index in [0.717, 1.165) is 31.0 Å². The Kier molecular flexibility index (Phi) is 3.22. The molecule has 0 saturated heterocycles. The van der Waals surface area contributed by atoms with Crippen LogP contribution in [0.25, 0.3) is 10.8 Å². The van der Waals surface area contributed by atoms with E-state index in [1.54, 1.807) is 0 Å². The maximum Gasteiger partial charge on any atom is 0.137 e. The third-order valence-electron chi connectivity index (χ3n) is 3.61.